The number of allylic oxidation sites excluding steroid dienone is 1. The van der Waals surface area contributed by atoms with Crippen LogP contribution in [0.5, 0.6) is 0 Å². The third-order valence-corrected chi connectivity index (χ3v) is 1.89. The van der Waals surface area contributed by atoms with Gasteiger partial charge >= 0.3 is 15.5 Å². The largest absolute Gasteiger partial charge is 0.501 e. The van der Waals surface area contributed by atoms with Crippen molar-refractivity contribution in [1.29, 1.82) is 0 Å². The third kappa shape index (κ3) is 3.02. The first-order valence-electron chi connectivity index (χ1n) is 3.38. The molecule has 0 rings (SSSR count). The second kappa shape index (κ2) is 4.45. The normalized spacial score (nSPS) is 13.1. The van der Waals surface area contributed by atoms with Crippen LogP contribution < -0.4 is 0 Å². The second-order valence-electron chi connectivity index (χ2n) is 2.08. The highest BCUT2D eigenvalue weighted by atomic mass is 32.3. The summed E-state index contributed by atoms with van der Waals surface area (Å²) in [6.45, 7) is 1.62. The van der Waals surface area contributed by atoms with Crippen molar-refractivity contribution in [3.8, 4) is 0 Å². The van der Waals surface area contributed by atoms with Gasteiger partial charge in [0.05, 0.1) is 12.9 Å². The van der Waals surface area contributed by atoms with E-state index in [0.29, 0.717) is 6.26 Å². The van der Waals surface area contributed by atoms with Crippen LogP contribution in [0.15, 0.2) is 12.3 Å². The standard InChI is InChI=1S/C6H7F3O4S/c1-2-13-4-3-5(10)6(7,8)14(9,11)12/h3-4H,2H2,1H3/b4-3+. The molecule has 0 saturated heterocycles. The van der Waals surface area contributed by atoms with Crippen molar-refractivity contribution in [2.75, 3.05) is 6.61 Å². The van der Waals surface area contributed by atoms with Gasteiger partial charge in [0.1, 0.15) is 0 Å². The molecule has 0 aromatic carbocycles. The smallest absolute Gasteiger partial charge is 0.435 e. The molecule has 0 aromatic heterocycles. The van der Waals surface area contributed by atoms with E-state index in [1.807, 2.05) is 0 Å². The number of halogens is 3. The van der Waals surface area contributed by atoms with Gasteiger partial charge in [0.2, 0.25) is 5.78 Å². The first-order chi connectivity index (χ1) is 6.23. The summed E-state index contributed by atoms with van der Waals surface area (Å²) >= 11 is 0. The molecule has 0 heterocycles. The van der Waals surface area contributed by atoms with Crippen molar-refractivity contribution in [3.05, 3.63) is 12.3 Å². The van der Waals surface area contributed by atoms with E-state index >= 15 is 0 Å². The van der Waals surface area contributed by atoms with Crippen molar-refractivity contribution in [2.24, 2.45) is 0 Å². The summed E-state index contributed by atoms with van der Waals surface area (Å²) < 4.78 is 60.5. The molecule has 0 bridgehead atoms. The molecule has 14 heavy (non-hydrogen) atoms. The second-order valence-corrected chi connectivity index (χ2v) is 3.47. The fraction of sp³-hybridized carbons (Fsp3) is 0.500. The average molecular weight is 232 g/mol. The highest BCUT2D eigenvalue weighted by Crippen LogP contribution is 2.24. The zero-order valence-corrected chi connectivity index (χ0v) is 7.85. The Bertz CT molecular complexity index is 333. The summed E-state index contributed by atoms with van der Waals surface area (Å²) in [6.07, 6.45) is 0.724. The number of hydrogen-bond donors (Lipinski definition) is 0. The lowest BCUT2D eigenvalue weighted by Gasteiger charge is -2.06. The lowest BCUT2D eigenvalue weighted by atomic mass is 10.4. The van der Waals surface area contributed by atoms with E-state index in [4.69, 9.17) is 0 Å². The number of carbonyl (C=O) groups excluding carboxylic acids is 1. The molecular weight excluding hydrogens is 225 g/mol. The van der Waals surface area contributed by atoms with Crippen LogP contribution in [0.25, 0.3) is 0 Å². The van der Waals surface area contributed by atoms with Crippen LogP contribution in [0.3, 0.4) is 0 Å². The van der Waals surface area contributed by atoms with Crippen molar-refractivity contribution in [2.45, 2.75) is 12.2 Å². The highest BCUT2D eigenvalue weighted by molar-refractivity contribution is 7.88. The van der Waals surface area contributed by atoms with Gasteiger partial charge in [0.15, 0.2) is 0 Å². The van der Waals surface area contributed by atoms with Gasteiger partial charge in [0, 0.05) is 6.08 Å². The molecule has 0 radical (unpaired) electrons. The van der Waals surface area contributed by atoms with Gasteiger partial charge in [0.25, 0.3) is 0 Å². The maximum absolute atomic E-state index is 12.3. The first-order valence-corrected chi connectivity index (χ1v) is 4.76. The molecule has 0 spiro atoms. The number of alkyl halides is 2. The Hall–Kier alpha value is -1.05. The van der Waals surface area contributed by atoms with Gasteiger partial charge in [-0.1, -0.05) is 3.89 Å². The van der Waals surface area contributed by atoms with E-state index in [2.05, 4.69) is 4.74 Å². The molecule has 0 aromatic rings. The summed E-state index contributed by atoms with van der Waals surface area (Å²) in [4.78, 5) is 10.5. The molecule has 0 unspecified atom stereocenters. The van der Waals surface area contributed by atoms with E-state index in [-0.39, 0.29) is 12.7 Å². The van der Waals surface area contributed by atoms with Crippen LogP contribution in [0.1, 0.15) is 6.92 Å². The molecule has 0 atom stereocenters. The van der Waals surface area contributed by atoms with E-state index in [1.54, 1.807) is 0 Å². The lowest BCUT2D eigenvalue weighted by Crippen LogP contribution is -2.33. The molecule has 82 valence electrons. The van der Waals surface area contributed by atoms with Crippen LogP contribution in [0.2, 0.25) is 0 Å². The summed E-state index contributed by atoms with van der Waals surface area (Å²) in [5, 5.41) is -5.05. The molecule has 0 fully saturated rings. The van der Waals surface area contributed by atoms with E-state index in [9.17, 15) is 25.9 Å². The SMILES string of the molecule is CCO/C=C/C(=O)C(F)(F)S(=O)(=O)F. The van der Waals surface area contributed by atoms with Gasteiger partial charge in [-0.05, 0) is 6.92 Å². The van der Waals surface area contributed by atoms with E-state index in [0.717, 1.165) is 0 Å². The highest BCUT2D eigenvalue weighted by Gasteiger charge is 2.52. The predicted octanol–water partition coefficient (Wildman–Crippen LogP) is 0.998. The Kier molecular flexibility index (Phi) is 4.11. The van der Waals surface area contributed by atoms with E-state index < -0.39 is 21.3 Å². The molecule has 0 N–H and O–H groups in total. The maximum atomic E-state index is 12.3. The van der Waals surface area contributed by atoms with Crippen molar-refractivity contribution in [3.63, 3.8) is 0 Å². The number of rotatable bonds is 5. The number of ether oxygens (including phenoxy) is 1. The van der Waals surface area contributed by atoms with Gasteiger partial charge < -0.3 is 4.74 Å². The molecule has 4 nitrogen and oxygen atoms in total. The molecule has 0 aliphatic heterocycles. The summed E-state index contributed by atoms with van der Waals surface area (Å²) in [6, 6.07) is 0. The third-order valence-electron chi connectivity index (χ3n) is 1.08. The minimum atomic E-state index is -6.23. The Balaban J connectivity index is 4.70. The average Bonchev–Trinajstić information content (AvgIpc) is 2.02. The molecule has 0 aliphatic rings. The molecule has 0 amide bonds. The quantitative estimate of drug-likeness (QED) is 0.403. The molecule has 0 aliphatic carbocycles. The van der Waals surface area contributed by atoms with Crippen LogP contribution in [0.4, 0.5) is 12.7 Å². The first kappa shape index (κ1) is 12.9. The van der Waals surface area contributed by atoms with Crippen molar-refractivity contribution < 1.29 is 30.6 Å². The Labute approximate surface area is 78.6 Å². The number of ketones is 1. The fourth-order valence-electron chi connectivity index (χ4n) is 0.423. The van der Waals surface area contributed by atoms with Crippen LogP contribution in [-0.2, 0) is 19.8 Å². The molecule has 0 saturated carbocycles. The summed E-state index contributed by atoms with van der Waals surface area (Å²) in [5.74, 6) is -2.19. The minimum Gasteiger partial charge on any atom is -0.501 e. The van der Waals surface area contributed by atoms with Crippen molar-refractivity contribution >= 4 is 16.0 Å². The lowest BCUT2D eigenvalue weighted by molar-refractivity contribution is -0.128. The van der Waals surface area contributed by atoms with Crippen LogP contribution in [-0.4, -0.2) is 26.1 Å². The van der Waals surface area contributed by atoms with Gasteiger partial charge in [-0.15, -0.1) is 0 Å². The minimum absolute atomic E-state index is 0.109. The summed E-state index contributed by atoms with van der Waals surface area (Å²) in [5.41, 5.74) is 0. The van der Waals surface area contributed by atoms with Crippen LogP contribution >= 0.6 is 0 Å². The number of hydrogen-bond acceptors (Lipinski definition) is 4. The predicted molar refractivity (Wildman–Crippen MR) is 40.7 cm³/mol. The Morgan fingerprint density at radius 3 is 2.36 bits per heavy atom. The Morgan fingerprint density at radius 2 is 2.00 bits per heavy atom. The van der Waals surface area contributed by atoms with Gasteiger partial charge in [-0.3, -0.25) is 4.79 Å². The zero-order valence-electron chi connectivity index (χ0n) is 7.04. The van der Waals surface area contributed by atoms with Crippen LogP contribution in [0, 0.1) is 0 Å². The fourth-order valence-corrected chi connectivity index (χ4v) is 0.732. The Morgan fingerprint density at radius 1 is 1.50 bits per heavy atom. The zero-order chi connectivity index (χ0) is 11.4. The maximum Gasteiger partial charge on any atom is 0.435 e. The molecule has 8 heteroatoms. The monoisotopic (exact) mass is 232 g/mol. The molecular formula is C6H7F3O4S. The summed E-state index contributed by atoms with van der Waals surface area (Å²) in [7, 11) is -6.23. The number of carbonyl (C=O) groups is 1. The topological polar surface area (TPSA) is 60.4 Å². The van der Waals surface area contributed by atoms with Crippen molar-refractivity contribution in [1.82, 2.24) is 0 Å². The van der Waals surface area contributed by atoms with E-state index in [1.165, 1.54) is 6.92 Å². The van der Waals surface area contributed by atoms with Gasteiger partial charge in [-0.2, -0.15) is 17.2 Å². The van der Waals surface area contributed by atoms with Gasteiger partial charge in [-0.25, -0.2) is 0 Å².